The first kappa shape index (κ1) is 16.5. The Labute approximate surface area is 137 Å². The first-order chi connectivity index (χ1) is 9.30. The summed E-state index contributed by atoms with van der Waals surface area (Å²) in [6.45, 7) is 0.262. The van der Waals surface area contributed by atoms with Gasteiger partial charge in [0.25, 0.3) is 0 Å². The summed E-state index contributed by atoms with van der Waals surface area (Å²) in [6, 6.07) is 3.01. The Balaban J connectivity index is 2.41. The number of benzene rings is 1. The average molecular weight is 402 g/mol. The maximum Gasteiger partial charge on any atom is 0.244 e. The van der Waals surface area contributed by atoms with Crippen molar-refractivity contribution < 1.29 is 8.42 Å². The molecule has 112 valence electrons. The third-order valence-corrected chi connectivity index (χ3v) is 6.49. The van der Waals surface area contributed by atoms with Gasteiger partial charge in [0.1, 0.15) is 4.90 Å². The maximum atomic E-state index is 12.6. The Morgan fingerprint density at radius 3 is 2.20 bits per heavy atom. The van der Waals surface area contributed by atoms with E-state index in [1.807, 2.05) is 0 Å². The lowest BCUT2D eigenvalue weighted by Crippen LogP contribution is -2.51. The van der Waals surface area contributed by atoms with Crippen LogP contribution in [0.5, 0.6) is 0 Å². The van der Waals surface area contributed by atoms with Crippen molar-refractivity contribution >= 4 is 49.2 Å². The van der Waals surface area contributed by atoms with Gasteiger partial charge in [-0.15, -0.1) is 0 Å². The van der Waals surface area contributed by atoms with Crippen molar-refractivity contribution in [2.45, 2.75) is 36.1 Å². The fourth-order valence-electron chi connectivity index (χ4n) is 2.52. The number of rotatable bonds is 4. The van der Waals surface area contributed by atoms with Crippen LogP contribution in [-0.4, -0.2) is 20.5 Å². The van der Waals surface area contributed by atoms with E-state index in [9.17, 15) is 8.42 Å². The molecule has 1 aliphatic rings. The fourth-order valence-corrected chi connectivity index (χ4v) is 5.93. The predicted octanol–water partition coefficient (Wildman–Crippen LogP) is 3.31. The quantitative estimate of drug-likeness (QED) is 0.812. The highest BCUT2D eigenvalue weighted by Gasteiger charge is 2.38. The number of nitrogens with one attached hydrogen (secondary N) is 1. The number of hydrogen-bond acceptors (Lipinski definition) is 3. The van der Waals surface area contributed by atoms with E-state index in [-0.39, 0.29) is 21.5 Å². The molecular formula is C12H15BrCl2N2O2S. The van der Waals surface area contributed by atoms with Crippen molar-refractivity contribution in [3.05, 3.63) is 26.7 Å². The second-order valence-electron chi connectivity index (χ2n) is 5.00. The summed E-state index contributed by atoms with van der Waals surface area (Å²) in [6.07, 6.45) is 3.38. The van der Waals surface area contributed by atoms with Gasteiger partial charge >= 0.3 is 0 Å². The number of hydrogen-bond donors (Lipinski definition) is 2. The van der Waals surface area contributed by atoms with E-state index >= 15 is 0 Å². The predicted molar refractivity (Wildman–Crippen MR) is 84.7 cm³/mol. The van der Waals surface area contributed by atoms with Crippen molar-refractivity contribution in [3.63, 3.8) is 0 Å². The second-order valence-corrected chi connectivity index (χ2v) is 8.34. The van der Waals surface area contributed by atoms with E-state index in [1.165, 1.54) is 12.1 Å². The SMILES string of the molecule is NCC1(NS(=O)(=O)c2c(Cl)cc(Br)cc2Cl)CCCC1. The number of sulfonamides is 1. The molecule has 3 N–H and O–H groups in total. The third kappa shape index (κ3) is 3.31. The molecule has 0 heterocycles. The molecule has 0 radical (unpaired) electrons. The summed E-state index contributed by atoms with van der Waals surface area (Å²) in [5.41, 5.74) is 5.17. The molecule has 1 saturated carbocycles. The summed E-state index contributed by atoms with van der Waals surface area (Å²) < 4.78 is 28.4. The highest BCUT2D eigenvalue weighted by molar-refractivity contribution is 9.10. The van der Waals surface area contributed by atoms with Crippen molar-refractivity contribution in [3.8, 4) is 0 Å². The van der Waals surface area contributed by atoms with E-state index < -0.39 is 15.6 Å². The summed E-state index contributed by atoms with van der Waals surface area (Å²) in [5.74, 6) is 0. The standard InChI is InChI=1S/C12H15BrCl2N2O2S/c13-8-5-9(14)11(10(15)6-8)20(18,19)17-12(7-16)3-1-2-4-12/h5-6,17H,1-4,7,16H2. The van der Waals surface area contributed by atoms with Crippen LogP contribution in [0.1, 0.15) is 25.7 Å². The zero-order chi connectivity index (χ0) is 15.0. The lowest BCUT2D eigenvalue weighted by molar-refractivity contribution is 0.399. The lowest BCUT2D eigenvalue weighted by atomic mass is 10.0. The smallest absolute Gasteiger partial charge is 0.244 e. The molecule has 0 amide bonds. The van der Waals surface area contributed by atoms with Crippen LogP contribution in [0.25, 0.3) is 0 Å². The monoisotopic (exact) mass is 400 g/mol. The molecule has 0 spiro atoms. The molecule has 1 aromatic carbocycles. The van der Waals surface area contributed by atoms with Crippen LogP contribution >= 0.6 is 39.1 Å². The largest absolute Gasteiger partial charge is 0.329 e. The van der Waals surface area contributed by atoms with Gasteiger partial charge in [-0.2, -0.15) is 0 Å². The van der Waals surface area contributed by atoms with E-state index in [0.29, 0.717) is 4.47 Å². The zero-order valence-electron chi connectivity index (χ0n) is 10.6. The van der Waals surface area contributed by atoms with Gasteiger partial charge in [0.2, 0.25) is 10.0 Å². The van der Waals surface area contributed by atoms with E-state index in [1.54, 1.807) is 0 Å². The Hall–Kier alpha value is 0.150. The van der Waals surface area contributed by atoms with Crippen LogP contribution in [0, 0.1) is 0 Å². The van der Waals surface area contributed by atoms with Crippen LogP contribution in [0.15, 0.2) is 21.5 Å². The van der Waals surface area contributed by atoms with Crippen molar-refractivity contribution in [1.82, 2.24) is 4.72 Å². The van der Waals surface area contributed by atoms with Crippen molar-refractivity contribution in [2.75, 3.05) is 6.54 Å². The first-order valence-electron chi connectivity index (χ1n) is 6.18. The van der Waals surface area contributed by atoms with Gasteiger partial charge in [-0.25, -0.2) is 13.1 Å². The van der Waals surface area contributed by atoms with Crippen molar-refractivity contribution in [1.29, 1.82) is 0 Å². The van der Waals surface area contributed by atoms with Gasteiger partial charge in [-0.1, -0.05) is 52.0 Å². The van der Waals surface area contributed by atoms with Gasteiger partial charge in [0.05, 0.1) is 10.0 Å². The van der Waals surface area contributed by atoms with Gasteiger partial charge < -0.3 is 5.73 Å². The highest BCUT2D eigenvalue weighted by atomic mass is 79.9. The topological polar surface area (TPSA) is 72.2 Å². The maximum absolute atomic E-state index is 12.6. The third-order valence-electron chi connectivity index (χ3n) is 3.53. The van der Waals surface area contributed by atoms with Crippen molar-refractivity contribution in [2.24, 2.45) is 5.73 Å². The van der Waals surface area contributed by atoms with Crippen LogP contribution in [0.4, 0.5) is 0 Å². The van der Waals surface area contributed by atoms with Crippen LogP contribution in [0.3, 0.4) is 0 Å². The minimum atomic E-state index is -3.81. The van der Waals surface area contributed by atoms with Gasteiger partial charge in [0, 0.05) is 16.6 Å². The molecular weight excluding hydrogens is 387 g/mol. The molecule has 1 fully saturated rings. The molecule has 0 saturated heterocycles. The molecule has 1 aliphatic carbocycles. The van der Waals surface area contributed by atoms with Gasteiger partial charge in [0.15, 0.2) is 0 Å². The van der Waals surface area contributed by atoms with Crippen LogP contribution < -0.4 is 10.5 Å². The van der Waals surface area contributed by atoms with E-state index in [2.05, 4.69) is 20.7 Å². The van der Waals surface area contributed by atoms with E-state index in [0.717, 1.165) is 25.7 Å². The fraction of sp³-hybridized carbons (Fsp3) is 0.500. The van der Waals surface area contributed by atoms with Crippen LogP contribution in [-0.2, 0) is 10.0 Å². The summed E-state index contributed by atoms with van der Waals surface area (Å²) >= 11 is 15.3. The normalized spacial score (nSPS) is 18.4. The Kier molecular flexibility index (Phi) is 5.04. The summed E-state index contributed by atoms with van der Waals surface area (Å²) in [7, 11) is -3.81. The van der Waals surface area contributed by atoms with E-state index in [4.69, 9.17) is 28.9 Å². The Bertz CT molecular complexity index is 593. The highest BCUT2D eigenvalue weighted by Crippen LogP contribution is 2.35. The Morgan fingerprint density at radius 1 is 1.25 bits per heavy atom. The summed E-state index contributed by atoms with van der Waals surface area (Å²) in [5, 5.41) is 0.170. The average Bonchev–Trinajstić information content (AvgIpc) is 2.75. The number of nitrogens with two attached hydrogens (primary N) is 1. The molecule has 0 unspecified atom stereocenters. The number of halogens is 3. The lowest BCUT2D eigenvalue weighted by Gasteiger charge is -2.28. The molecule has 8 heteroatoms. The van der Waals surface area contributed by atoms with Crippen LogP contribution in [0.2, 0.25) is 10.0 Å². The molecule has 0 aliphatic heterocycles. The molecule has 4 nitrogen and oxygen atoms in total. The summed E-state index contributed by atoms with van der Waals surface area (Å²) in [4.78, 5) is -0.0937. The molecule has 0 aromatic heterocycles. The molecule has 20 heavy (non-hydrogen) atoms. The zero-order valence-corrected chi connectivity index (χ0v) is 14.5. The minimum absolute atomic E-state index is 0.0852. The molecule has 2 rings (SSSR count). The molecule has 1 aromatic rings. The molecule has 0 bridgehead atoms. The second kappa shape index (κ2) is 6.10. The Morgan fingerprint density at radius 2 is 1.75 bits per heavy atom. The first-order valence-corrected chi connectivity index (χ1v) is 9.21. The molecule has 0 atom stereocenters. The van der Waals surface area contributed by atoms with Gasteiger partial charge in [-0.3, -0.25) is 0 Å². The minimum Gasteiger partial charge on any atom is -0.329 e. The van der Waals surface area contributed by atoms with Gasteiger partial charge in [-0.05, 0) is 25.0 Å².